The summed E-state index contributed by atoms with van der Waals surface area (Å²) < 4.78 is 0. The van der Waals surface area contributed by atoms with Crippen LogP contribution in [0.2, 0.25) is 0 Å². The molecule has 5 fully saturated rings. The molecular weight excluding hydrogens is 284 g/mol. The van der Waals surface area contributed by atoms with E-state index < -0.39 is 0 Å². The van der Waals surface area contributed by atoms with E-state index in [1.54, 1.807) is 0 Å². The second-order valence-corrected chi connectivity index (χ2v) is 8.77. The monoisotopic (exact) mass is 318 g/mol. The number of hydrogen-bond acceptors (Lipinski definition) is 2. The molecule has 0 radical (unpaired) electrons. The highest BCUT2D eigenvalue weighted by Crippen LogP contribution is 2.55. The Bertz CT molecular complexity index is 417. The third kappa shape index (κ3) is 2.83. The van der Waals surface area contributed by atoms with Gasteiger partial charge in [-0.05, 0) is 89.0 Å². The molecule has 5 rings (SSSR count). The molecule has 3 heteroatoms. The first-order valence-corrected chi connectivity index (χ1v) is 10.2. The van der Waals surface area contributed by atoms with Crippen LogP contribution in [-0.2, 0) is 4.79 Å². The molecule has 130 valence electrons. The van der Waals surface area contributed by atoms with E-state index in [1.165, 1.54) is 45.1 Å². The normalized spacial score (nSPS) is 42.9. The van der Waals surface area contributed by atoms with Gasteiger partial charge in [0.05, 0.1) is 5.92 Å². The first kappa shape index (κ1) is 15.9. The molecule has 5 aliphatic rings. The fraction of sp³-hybridized carbons (Fsp3) is 0.950. The van der Waals surface area contributed by atoms with Crippen LogP contribution in [0.3, 0.4) is 0 Å². The second-order valence-electron chi connectivity index (χ2n) is 8.77. The predicted molar refractivity (Wildman–Crippen MR) is 93.1 cm³/mol. The number of rotatable bonds is 4. The lowest BCUT2D eigenvalue weighted by Crippen LogP contribution is -2.58. The zero-order chi connectivity index (χ0) is 16.0. The molecule has 4 saturated carbocycles. The predicted octanol–water partition coefficient (Wildman–Crippen LogP) is 3.39. The fourth-order valence-electron chi connectivity index (χ4n) is 6.76. The van der Waals surface area contributed by atoms with Crippen LogP contribution in [0.1, 0.15) is 58.8 Å². The van der Waals surface area contributed by atoms with Crippen molar-refractivity contribution in [2.45, 2.75) is 64.8 Å². The van der Waals surface area contributed by atoms with Crippen LogP contribution in [0.15, 0.2) is 0 Å². The fourth-order valence-corrected chi connectivity index (χ4v) is 6.76. The lowest BCUT2D eigenvalue weighted by molar-refractivity contribution is -0.139. The van der Waals surface area contributed by atoms with Crippen LogP contribution in [0.25, 0.3) is 0 Å². The molecule has 1 amide bonds. The minimum absolute atomic E-state index is 0.265. The molecule has 0 aromatic rings. The minimum atomic E-state index is 0.265. The SMILES string of the molecule is CCN(CC)C(=O)C1CCCN(C2C3CC4CC(C3)CC2C4)C1. The standard InChI is InChI=1S/C20H34N2O/c1-3-21(4-2)20(23)16-6-5-7-22(13-16)19-17-9-14-8-15(11-17)12-18(19)10-14/h14-19H,3-13H2,1-2H3. The average Bonchev–Trinajstić information content (AvgIpc) is 2.55. The third-order valence-electron chi connectivity index (χ3n) is 7.48. The van der Waals surface area contributed by atoms with Crippen molar-refractivity contribution in [2.24, 2.45) is 29.6 Å². The quantitative estimate of drug-likeness (QED) is 0.793. The topological polar surface area (TPSA) is 23.6 Å². The van der Waals surface area contributed by atoms with Crippen LogP contribution < -0.4 is 0 Å². The van der Waals surface area contributed by atoms with Crippen molar-refractivity contribution in [2.75, 3.05) is 26.2 Å². The highest BCUT2D eigenvalue weighted by atomic mass is 16.2. The summed E-state index contributed by atoms with van der Waals surface area (Å²) in [6.45, 7) is 8.24. The van der Waals surface area contributed by atoms with Gasteiger partial charge in [0.15, 0.2) is 0 Å². The lowest BCUT2D eigenvalue weighted by Gasteiger charge is -2.58. The van der Waals surface area contributed by atoms with E-state index >= 15 is 0 Å². The number of amides is 1. The zero-order valence-electron chi connectivity index (χ0n) is 15.0. The van der Waals surface area contributed by atoms with E-state index in [1.807, 2.05) is 4.90 Å². The maximum Gasteiger partial charge on any atom is 0.226 e. The van der Waals surface area contributed by atoms with Crippen molar-refractivity contribution in [3.63, 3.8) is 0 Å². The summed E-state index contributed by atoms with van der Waals surface area (Å²) in [6.07, 6.45) is 9.82. The molecule has 4 aliphatic carbocycles. The maximum absolute atomic E-state index is 12.8. The molecule has 0 aromatic heterocycles. The van der Waals surface area contributed by atoms with E-state index in [4.69, 9.17) is 0 Å². The van der Waals surface area contributed by atoms with Crippen molar-refractivity contribution in [3.05, 3.63) is 0 Å². The van der Waals surface area contributed by atoms with Crippen molar-refractivity contribution < 1.29 is 4.79 Å². The number of carbonyl (C=O) groups excluding carboxylic acids is 1. The summed E-state index contributed by atoms with van der Waals surface area (Å²) in [4.78, 5) is 17.6. The number of hydrogen-bond donors (Lipinski definition) is 0. The molecular formula is C20H34N2O. The number of likely N-dealkylation sites (tertiary alicyclic amines) is 1. The van der Waals surface area contributed by atoms with Crippen LogP contribution in [-0.4, -0.2) is 47.9 Å². The van der Waals surface area contributed by atoms with Gasteiger partial charge in [-0.3, -0.25) is 9.69 Å². The largest absolute Gasteiger partial charge is 0.343 e. The smallest absolute Gasteiger partial charge is 0.226 e. The Morgan fingerprint density at radius 3 is 2.17 bits per heavy atom. The van der Waals surface area contributed by atoms with Gasteiger partial charge in [-0.25, -0.2) is 0 Å². The van der Waals surface area contributed by atoms with Gasteiger partial charge in [-0.1, -0.05) is 0 Å². The van der Waals surface area contributed by atoms with Crippen molar-refractivity contribution >= 4 is 5.91 Å². The number of carbonyl (C=O) groups is 1. The lowest BCUT2D eigenvalue weighted by atomic mass is 9.53. The molecule has 23 heavy (non-hydrogen) atoms. The molecule has 0 aromatic carbocycles. The van der Waals surface area contributed by atoms with Crippen LogP contribution >= 0.6 is 0 Å². The van der Waals surface area contributed by atoms with E-state index in [-0.39, 0.29) is 5.92 Å². The third-order valence-corrected chi connectivity index (χ3v) is 7.48. The average molecular weight is 319 g/mol. The van der Waals surface area contributed by atoms with Crippen LogP contribution in [0, 0.1) is 29.6 Å². The Morgan fingerprint density at radius 1 is 1.00 bits per heavy atom. The first-order chi connectivity index (χ1) is 11.2. The molecule has 3 nitrogen and oxygen atoms in total. The van der Waals surface area contributed by atoms with Gasteiger partial charge in [-0.2, -0.15) is 0 Å². The Hall–Kier alpha value is -0.570. The molecule has 0 spiro atoms. The minimum Gasteiger partial charge on any atom is -0.343 e. The van der Waals surface area contributed by atoms with Gasteiger partial charge in [0.1, 0.15) is 0 Å². The maximum atomic E-state index is 12.8. The van der Waals surface area contributed by atoms with E-state index in [0.717, 1.165) is 55.8 Å². The molecule has 1 atom stereocenters. The summed E-state index contributed by atoms with van der Waals surface area (Å²) in [6, 6.07) is 0.815. The molecule has 1 heterocycles. The second kappa shape index (κ2) is 6.38. The molecule has 1 unspecified atom stereocenters. The van der Waals surface area contributed by atoms with Gasteiger partial charge in [0.2, 0.25) is 5.91 Å². The Kier molecular flexibility index (Phi) is 4.42. The summed E-state index contributed by atoms with van der Waals surface area (Å²) in [5.41, 5.74) is 0. The summed E-state index contributed by atoms with van der Waals surface area (Å²) >= 11 is 0. The molecule has 1 saturated heterocycles. The van der Waals surface area contributed by atoms with Gasteiger partial charge in [0, 0.05) is 25.7 Å². The highest BCUT2D eigenvalue weighted by Gasteiger charge is 2.50. The van der Waals surface area contributed by atoms with Gasteiger partial charge in [-0.15, -0.1) is 0 Å². The van der Waals surface area contributed by atoms with E-state index in [9.17, 15) is 4.79 Å². The Balaban J connectivity index is 1.44. The van der Waals surface area contributed by atoms with Crippen LogP contribution in [0.4, 0.5) is 0 Å². The zero-order valence-corrected chi connectivity index (χ0v) is 15.0. The van der Waals surface area contributed by atoms with Gasteiger partial charge >= 0.3 is 0 Å². The van der Waals surface area contributed by atoms with Crippen LogP contribution in [0.5, 0.6) is 0 Å². The number of nitrogens with zero attached hydrogens (tertiary/aromatic N) is 2. The Morgan fingerprint density at radius 2 is 1.61 bits per heavy atom. The van der Waals surface area contributed by atoms with Gasteiger partial charge in [0.25, 0.3) is 0 Å². The molecule has 1 aliphatic heterocycles. The van der Waals surface area contributed by atoms with E-state index in [0.29, 0.717) is 5.91 Å². The molecule has 0 N–H and O–H groups in total. The van der Waals surface area contributed by atoms with E-state index in [2.05, 4.69) is 18.7 Å². The Labute approximate surface area is 141 Å². The van der Waals surface area contributed by atoms with Gasteiger partial charge < -0.3 is 4.90 Å². The first-order valence-electron chi connectivity index (χ1n) is 10.2. The van der Waals surface area contributed by atoms with Crippen molar-refractivity contribution in [1.82, 2.24) is 9.80 Å². The summed E-state index contributed by atoms with van der Waals surface area (Å²) in [5.74, 6) is 4.68. The summed E-state index contributed by atoms with van der Waals surface area (Å²) in [7, 11) is 0. The van der Waals surface area contributed by atoms with Crippen molar-refractivity contribution in [3.8, 4) is 0 Å². The summed E-state index contributed by atoms with van der Waals surface area (Å²) in [5, 5.41) is 0. The van der Waals surface area contributed by atoms with Crippen molar-refractivity contribution in [1.29, 1.82) is 0 Å². The highest BCUT2D eigenvalue weighted by molar-refractivity contribution is 5.79. The number of piperidine rings is 1. The molecule has 4 bridgehead atoms.